The van der Waals surface area contributed by atoms with Gasteiger partial charge in [-0.15, -0.1) is 0 Å². The largest absolute Gasteiger partial charge is 0.481 e. The van der Waals surface area contributed by atoms with E-state index in [9.17, 15) is 9.59 Å². The molecule has 0 saturated heterocycles. The standard InChI is InChI=1S/C15H18N2O3/c18-13(6-5-12-4-3-9-16-11-12)17-15(10-14(19)20)7-1-2-8-15/h3-6,9,11H,1-2,7-8,10H2,(H,17,18)(H,19,20). The summed E-state index contributed by atoms with van der Waals surface area (Å²) in [4.78, 5) is 26.8. The maximum absolute atomic E-state index is 11.9. The average Bonchev–Trinajstić information content (AvgIpc) is 2.85. The van der Waals surface area contributed by atoms with Crippen LogP contribution in [0.2, 0.25) is 0 Å². The molecule has 106 valence electrons. The maximum atomic E-state index is 11.9. The summed E-state index contributed by atoms with van der Waals surface area (Å²) in [6, 6.07) is 3.64. The number of pyridine rings is 1. The quantitative estimate of drug-likeness (QED) is 0.805. The molecule has 0 radical (unpaired) electrons. The molecule has 2 rings (SSSR count). The molecule has 1 amide bonds. The van der Waals surface area contributed by atoms with Crippen LogP contribution >= 0.6 is 0 Å². The van der Waals surface area contributed by atoms with E-state index in [1.807, 2.05) is 6.07 Å². The first-order valence-electron chi connectivity index (χ1n) is 6.72. The number of rotatable bonds is 5. The summed E-state index contributed by atoms with van der Waals surface area (Å²) >= 11 is 0. The summed E-state index contributed by atoms with van der Waals surface area (Å²) in [5, 5.41) is 11.8. The maximum Gasteiger partial charge on any atom is 0.305 e. The first-order valence-corrected chi connectivity index (χ1v) is 6.72. The predicted molar refractivity (Wildman–Crippen MR) is 74.9 cm³/mol. The summed E-state index contributed by atoms with van der Waals surface area (Å²) in [5.41, 5.74) is 0.253. The molecule has 0 aromatic carbocycles. The number of carbonyl (C=O) groups is 2. The highest BCUT2D eigenvalue weighted by atomic mass is 16.4. The van der Waals surface area contributed by atoms with Gasteiger partial charge >= 0.3 is 5.97 Å². The molecule has 2 N–H and O–H groups in total. The minimum atomic E-state index is -0.872. The molecule has 1 aromatic rings. The van der Waals surface area contributed by atoms with Crippen molar-refractivity contribution in [1.29, 1.82) is 0 Å². The van der Waals surface area contributed by atoms with Gasteiger partial charge in [0, 0.05) is 18.5 Å². The number of nitrogens with one attached hydrogen (secondary N) is 1. The Morgan fingerprint density at radius 3 is 2.75 bits per heavy atom. The van der Waals surface area contributed by atoms with Crippen LogP contribution < -0.4 is 5.32 Å². The third-order valence-electron chi connectivity index (χ3n) is 3.55. The summed E-state index contributed by atoms with van der Waals surface area (Å²) in [5.74, 6) is -1.12. The highest BCUT2D eigenvalue weighted by molar-refractivity contribution is 5.92. The molecule has 1 aliphatic carbocycles. The van der Waals surface area contributed by atoms with Crippen molar-refractivity contribution in [3.63, 3.8) is 0 Å². The number of hydrogen-bond donors (Lipinski definition) is 2. The number of amides is 1. The van der Waals surface area contributed by atoms with Crippen molar-refractivity contribution in [3.8, 4) is 0 Å². The molecule has 0 aliphatic heterocycles. The second kappa shape index (κ2) is 6.32. The van der Waals surface area contributed by atoms with Gasteiger partial charge in [-0.25, -0.2) is 0 Å². The summed E-state index contributed by atoms with van der Waals surface area (Å²) < 4.78 is 0. The number of nitrogens with zero attached hydrogens (tertiary/aromatic N) is 1. The average molecular weight is 274 g/mol. The topological polar surface area (TPSA) is 79.3 Å². The van der Waals surface area contributed by atoms with Crippen LogP contribution in [-0.2, 0) is 9.59 Å². The molecular formula is C15H18N2O3. The number of carboxylic acid groups (broad SMARTS) is 1. The van der Waals surface area contributed by atoms with Crippen LogP contribution in [0.15, 0.2) is 30.6 Å². The molecule has 1 fully saturated rings. The molecule has 1 aliphatic rings. The van der Waals surface area contributed by atoms with Crippen LogP contribution in [0.25, 0.3) is 6.08 Å². The Kier molecular flexibility index (Phi) is 4.50. The van der Waals surface area contributed by atoms with Crippen LogP contribution in [0.1, 0.15) is 37.7 Å². The molecule has 0 unspecified atom stereocenters. The van der Waals surface area contributed by atoms with E-state index in [1.165, 1.54) is 6.08 Å². The van der Waals surface area contributed by atoms with Crippen molar-refractivity contribution in [2.75, 3.05) is 0 Å². The summed E-state index contributed by atoms with van der Waals surface area (Å²) in [6.45, 7) is 0. The zero-order chi connectivity index (χ0) is 14.4. The Hall–Kier alpha value is -2.17. The fourth-order valence-electron chi connectivity index (χ4n) is 2.64. The van der Waals surface area contributed by atoms with Gasteiger partial charge in [-0.1, -0.05) is 18.9 Å². The van der Waals surface area contributed by atoms with Gasteiger partial charge in [-0.2, -0.15) is 0 Å². The van der Waals surface area contributed by atoms with E-state index in [1.54, 1.807) is 24.5 Å². The van der Waals surface area contributed by atoms with Crippen LogP contribution in [0, 0.1) is 0 Å². The van der Waals surface area contributed by atoms with Gasteiger partial charge in [0.1, 0.15) is 0 Å². The van der Waals surface area contributed by atoms with Gasteiger partial charge in [-0.3, -0.25) is 14.6 Å². The number of carboxylic acids is 1. The third kappa shape index (κ3) is 3.91. The Bertz CT molecular complexity index is 505. The fourth-order valence-corrected chi connectivity index (χ4v) is 2.64. The van der Waals surface area contributed by atoms with Crippen molar-refractivity contribution in [2.45, 2.75) is 37.6 Å². The molecule has 0 atom stereocenters. The first kappa shape index (κ1) is 14.2. The van der Waals surface area contributed by atoms with Crippen LogP contribution in [-0.4, -0.2) is 27.5 Å². The van der Waals surface area contributed by atoms with E-state index in [0.717, 1.165) is 31.2 Å². The lowest BCUT2D eigenvalue weighted by molar-refractivity contribution is -0.139. The Balaban J connectivity index is 1.99. The van der Waals surface area contributed by atoms with Gasteiger partial charge < -0.3 is 10.4 Å². The number of carbonyl (C=O) groups excluding carboxylic acids is 1. The first-order chi connectivity index (χ1) is 9.60. The Labute approximate surface area is 117 Å². The molecular weight excluding hydrogens is 256 g/mol. The molecule has 1 aromatic heterocycles. The zero-order valence-electron chi connectivity index (χ0n) is 11.2. The molecule has 5 nitrogen and oxygen atoms in total. The number of aromatic nitrogens is 1. The molecule has 1 saturated carbocycles. The predicted octanol–water partition coefficient (Wildman–Crippen LogP) is 2.00. The van der Waals surface area contributed by atoms with Gasteiger partial charge in [0.2, 0.25) is 5.91 Å². The van der Waals surface area contributed by atoms with Crippen LogP contribution in [0.5, 0.6) is 0 Å². The number of hydrogen-bond acceptors (Lipinski definition) is 3. The van der Waals surface area contributed by atoms with Crippen LogP contribution in [0.4, 0.5) is 0 Å². The summed E-state index contributed by atoms with van der Waals surface area (Å²) in [6.07, 6.45) is 9.78. The van der Waals surface area contributed by atoms with Crippen molar-refractivity contribution >= 4 is 18.0 Å². The number of aliphatic carboxylic acids is 1. The minimum absolute atomic E-state index is 0.0144. The zero-order valence-corrected chi connectivity index (χ0v) is 11.2. The normalized spacial score (nSPS) is 17.2. The highest BCUT2D eigenvalue weighted by Crippen LogP contribution is 2.32. The molecule has 5 heteroatoms. The van der Waals surface area contributed by atoms with Gasteiger partial charge in [0.25, 0.3) is 0 Å². The Morgan fingerprint density at radius 1 is 1.40 bits per heavy atom. The molecule has 20 heavy (non-hydrogen) atoms. The second-order valence-corrected chi connectivity index (χ2v) is 5.17. The van der Waals surface area contributed by atoms with Gasteiger partial charge in [0.05, 0.1) is 12.0 Å². The van der Waals surface area contributed by atoms with E-state index in [0.29, 0.717) is 0 Å². The fraction of sp³-hybridized carbons (Fsp3) is 0.400. The van der Waals surface area contributed by atoms with Gasteiger partial charge in [-0.05, 0) is 30.5 Å². The lowest BCUT2D eigenvalue weighted by atomic mass is 9.93. The van der Waals surface area contributed by atoms with E-state index < -0.39 is 11.5 Å². The molecule has 0 spiro atoms. The second-order valence-electron chi connectivity index (χ2n) is 5.17. The highest BCUT2D eigenvalue weighted by Gasteiger charge is 2.36. The smallest absolute Gasteiger partial charge is 0.305 e. The third-order valence-corrected chi connectivity index (χ3v) is 3.55. The van der Waals surface area contributed by atoms with Crippen molar-refractivity contribution < 1.29 is 14.7 Å². The van der Waals surface area contributed by atoms with E-state index >= 15 is 0 Å². The van der Waals surface area contributed by atoms with E-state index in [-0.39, 0.29) is 12.3 Å². The van der Waals surface area contributed by atoms with E-state index in [2.05, 4.69) is 10.3 Å². The minimum Gasteiger partial charge on any atom is -0.481 e. The lowest BCUT2D eigenvalue weighted by Gasteiger charge is -2.28. The van der Waals surface area contributed by atoms with E-state index in [4.69, 9.17) is 5.11 Å². The van der Waals surface area contributed by atoms with Gasteiger partial charge in [0.15, 0.2) is 0 Å². The monoisotopic (exact) mass is 274 g/mol. The van der Waals surface area contributed by atoms with Crippen molar-refractivity contribution in [2.24, 2.45) is 0 Å². The summed E-state index contributed by atoms with van der Waals surface area (Å²) in [7, 11) is 0. The van der Waals surface area contributed by atoms with Crippen molar-refractivity contribution in [3.05, 3.63) is 36.2 Å². The molecule has 0 bridgehead atoms. The lowest BCUT2D eigenvalue weighted by Crippen LogP contribution is -2.47. The van der Waals surface area contributed by atoms with Crippen LogP contribution in [0.3, 0.4) is 0 Å². The van der Waals surface area contributed by atoms with Crippen molar-refractivity contribution in [1.82, 2.24) is 10.3 Å². The Morgan fingerprint density at radius 2 is 2.15 bits per heavy atom. The SMILES string of the molecule is O=C(O)CC1(NC(=O)C=Cc2cccnc2)CCCC1. The molecule has 1 heterocycles.